The van der Waals surface area contributed by atoms with Crippen LogP contribution < -0.4 is 26.0 Å². The number of ether oxygens (including phenoxy) is 2. The van der Waals surface area contributed by atoms with E-state index in [1.165, 1.54) is 10.5 Å². The lowest BCUT2D eigenvalue weighted by Gasteiger charge is -2.24. The van der Waals surface area contributed by atoms with Gasteiger partial charge >= 0.3 is 6.09 Å². The predicted octanol–water partition coefficient (Wildman–Crippen LogP) is 1.87. The van der Waals surface area contributed by atoms with Crippen LogP contribution in [0.2, 0.25) is 5.02 Å². The zero-order chi connectivity index (χ0) is 22.3. The summed E-state index contributed by atoms with van der Waals surface area (Å²) in [7, 11) is 0. The smallest absolute Gasteiger partial charge is 0.415 e. The van der Waals surface area contributed by atoms with E-state index in [0.29, 0.717) is 43.4 Å². The van der Waals surface area contributed by atoms with Crippen molar-refractivity contribution in [1.82, 2.24) is 10.3 Å². The van der Waals surface area contributed by atoms with E-state index >= 15 is 0 Å². The van der Waals surface area contributed by atoms with E-state index in [9.17, 15) is 9.59 Å². The molecule has 1 aliphatic carbocycles. The molecule has 3 heterocycles. The standard InChI is InChI=1S/C22H24ClN5O4/c23-16-3-1-2-13-8-22(24,9-15(13)16)12-25-7-6-14-10-28(21(30)32-14)18-5-4-17-20(26-18)27-19(29)11-31-17/h1-5,14,25H,6-12,24H2,(H,26,27,29). The molecule has 0 bridgehead atoms. The minimum Gasteiger partial charge on any atom is -0.480 e. The minimum absolute atomic E-state index is 0.0436. The molecule has 4 N–H and O–H groups in total. The van der Waals surface area contributed by atoms with Gasteiger partial charge in [0.1, 0.15) is 11.9 Å². The van der Waals surface area contributed by atoms with Crippen LogP contribution in [0.4, 0.5) is 16.4 Å². The largest absolute Gasteiger partial charge is 0.480 e. The fraction of sp³-hybridized carbons (Fsp3) is 0.409. The summed E-state index contributed by atoms with van der Waals surface area (Å²) in [6, 6.07) is 9.30. The normalized spacial score (nSPS) is 23.9. The number of anilines is 2. The SMILES string of the molecule is NC1(CNCCC2CN(c3ccc4c(n3)NC(=O)CO4)C(=O)O2)Cc2cccc(Cl)c2C1. The molecule has 0 spiro atoms. The Bertz CT molecular complexity index is 1080. The van der Waals surface area contributed by atoms with Gasteiger partial charge in [-0.3, -0.25) is 9.69 Å². The fourth-order valence-corrected chi connectivity index (χ4v) is 4.71. The number of hydrogen-bond acceptors (Lipinski definition) is 7. The molecule has 2 aromatic rings. The Balaban J connectivity index is 1.12. The first-order chi connectivity index (χ1) is 15.4. The number of nitrogens with one attached hydrogen (secondary N) is 2. The Morgan fingerprint density at radius 2 is 2.16 bits per heavy atom. The van der Waals surface area contributed by atoms with Gasteiger partial charge in [-0.25, -0.2) is 9.78 Å². The number of fused-ring (bicyclic) bond motifs is 2. The molecule has 0 saturated carbocycles. The van der Waals surface area contributed by atoms with Gasteiger partial charge in [0.2, 0.25) is 0 Å². The quantitative estimate of drug-likeness (QED) is 0.566. The zero-order valence-corrected chi connectivity index (χ0v) is 18.2. The highest BCUT2D eigenvalue weighted by atomic mass is 35.5. The molecule has 5 rings (SSSR count). The molecule has 32 heavy (non-hydrogen) atoms. The lowest BCUT2D eigenvalue weighted by atomic mass is 9.97. The summed E-state index contributed by atoms with van der Waals surface area (Å²) >= 11 is 6.31. The van der Waals surface area contributed by atoms with Gasteiger partial charge < -0.3 is 25.8 Å². The maximum Gasteiger partial charge on any atom is 0.415 e. The van der Waals surface area contributed by atoms with Crippen LogP contribution in [0, 0.1) is 0 Å². The van der Waals surface area contributed by atoms with Gasteiger partial charge in [-0.2, -0.15) is 0 Å². The monoisotopic (exact) mass is 457 g/mol. The van der Waals surface area contributed by atoms with Crippen LogP contribution in [0.1, 0.15) is 17.5 Å². The summed E-state index contributed by atoms with van der Waals surface area (Å²) in [6.07, 6.45) is 1.46. The van der Waals surface area contributed by atoms with Crippen LogP contribution in [-0.4, -0.2) is 54.9 Å². The number of hydrogen-bond donors (Lipinski definition) is 3. The maximum absolute atomic E-state index is 12.4. The second kappa shape index (κ2) is 8.23. The van der Waals surface area contributed by atoms with Crippen LogP contribution in [-0.2, 0) is 22.4 Å². The van der Waals surface area contributed by atoms with Crippen molar-refractivity contribution < 1.29 is 19.1 Å². The lowest BCUT2D eigenvalue weighted by molar-refractivity contribution is -0.118. The van der Waals surface area contributed by atoms with Crippen LogP contribution in [0.25, 0.3) is 0 Å². The van der Waals surface area contributed by atoms with E-state index in [0.717, 1.165) is 23.4 Å². The van der Waals surface area contributed by atoms with Crippen molar-refractivity contribution in [2.45, 2.75) is 30.9 Å². The zero-order valence-electron chi connectivity index (χ0n) is 17.4. The van der Waals surface area contributed by atoms with E-state index in [4.69, 9.17) is 26.8 Å². The molecule has 9 nitrogen and oxygen atoms in total. The van der Waals surface area contributed by atoms with Crippen molar-refractivity contribution in [3.63, 3.8) is 0 Å². The summed E-state index contributed by atoms with van der Waals surface area (Å²) in [5, 5.41) is 6.83. The first-order valence-electron chi connectivity index (χ1n) is 10.6. The van der Waals surface area contributed by atoms with Gasteiger partial charge in [-0.1, -0.05) is 23.7 Å². The number of carbonyl (C=O) groups is 2. The van der Waals surface area contributed by atoms with E-state index in [2.05, 4.69) is 21.7 Å². The summed E-state index contributed by atoms with van der Waals surface area (Å²) in [5.41, 5.74) is 8.57. The summed E-state index contributed by atoms with van der Waals surface area (Å²) in [5.74, 6) is 0.923. The number of carbonyl (C=O) groups excluding carboxylic acids is 2. The van der Waals surface area contributed by atoms with Crippen molar-refractivity contribution in [2.24, 2.45) is 5.73 Å². The lowest BCUT2D eigenvalue weighted by Crippen LogP contribution is -2.50. The number of cyclic esters (lactones) is 1. The average molecular weight is 458 g/mol. The van der Waals surface area contributed by atoms with Crippen LogP contribution in [0.15, 0.2) is 30.3 Å². The van der Waals surface area contributed by atoms with Crippen molar-refractivity contribution in [2.75, 3.05) is 36.5 Å². The molecule has 2 unspecified atom stereocenters. The predicted molar refractivity (Wildman–Crippen MR) is 119 cm³/mol. The Morgan fingerprint density at radius 3 is 3.00 bits per heavy atom. The molecule has 1 aromatic carbocycles. The molecular formula is C22H24ClN5O4. The number of benzene rings is 1. The molecule has 168 valence electrons. The molecule has 2 amide bonds. The number of pyridine rings is 1. The summed E-state index contributed by atoms with van der Waals surface area (Å²) in [6.45, 7) is 1.65. The van der Waals surface area contributed by atoms with E-state index in [1.807, 2.05) is 12.1 Å². The fourth-order valence-electron chi connectivity index (χ4n) is 4.45. The van der Waals surface area contributed by atoms with E-state index in [-0.39, 0.29) is 24.2 Å². The minimum atomic E-state index is -0.457. The van der Waals surface area contributed by atoms with E-state index < -0.39 is 6.09 Å². The third-order valence-corrected chi connectivity index (χ3v) is 6.37. The summed E-state index contributed by atoms with van der Waals surface area (Å²) in [4.78, 5) is 29.7. The number of amides is 2. The molecule has 2 atom stereocenters. The van der Waals surface area contributed by atoms with Crippen molar-refractivity contribution >= 4 is 35.2 Å². The maximum atomic E-state index is 12.4. The Morgan fingerprint density at radius 1 is 1.28 bits per heavy atom. The number of halogens is 1. The second-order valence-corrected chi connectivity index (χ2v) is 8.94. The number of nitrogens with two attached hydrogens (primary N) is 1. The Labute approximate surface area is 190 Å². The van der Waals surface area contributed by atoms with Gasteiger partial charge in [-0.15, -0.1) is 0 Å². The summed E-state index contributed by atoms with van der Waals surface area (Å²) < 4.78 is 10.8. The third-order valence-electron chi connectivity index (χ3n) is 6.02. The van der Waals surface area contributed by atoms with Gasteiger partial charge in [0.25, 0.3) is 5.91 Å². The second-order valence-electron chi connectivity index (χ2n) is 8.53. The number of nitrogens with zero attached hydrogens (tertiary/aromatic N) is 2. The van der Waals surface area contributed by atoms with Crippen LogP contribution >= 0.6 is 11.6 Å². The molecule has 1 saturated heterocycles. The first-order valence-corrected chi connectivity index (χ1v) is 11.0. The Kier molecular flexibility index (Phi) is 5.40. The van der Waals surface area contributed by atoms with Crippen LogP contribution in [0.5, 0.6) is 5.75 Å². The van der Waals surface area contributed by atoms with Crippen molar-refractivity contribution in [3.05, 3.63) is 46.5 Å². The molecule has 2 aliphatic heterocycles. The van der Waals surface area contributed by atoms with Crippen molar-refractivity contribution in [1.29, 1.82) is 0 Å². The van der Waals surface area contributed by atoms with Crippen LogP contribution in [0.3, 0.4) is 0 Å². The molecule has 1 fully saturated rings. The molecule has 0 radical (unpaired) electrons. The molecule has 10 heteroatoms. The van der Waals surface area contributed by atoms with Gasteiger partial charge in [0, 0.05) is 17.1 Å². The van der Waals surface area contributed by atoms with Gasteiger partial charge in [-0.05, 0) is 55.1 Å². The highest BCUT2D eigenvalue weighted by Crippen LogP contribution is 2.33. The van der Waals surface area contributed by atoms with E-state index in [1.54, 1.807) is 12.1 Å². The average Bonchev–Trinajstić information content (AvgIpc) is 3.31. The number of aromatic nitrogens is 1. The molecule has 3 aliphatic rings. The number of rotatable bonds is 6. The Hall–Kier alpha value is -2.88. The highest BCUT2D eigenvalue weighted by molar-refractivity contribution is 6.31. The van der Waals surface area contributed by atoms with Gasteiger partial charge in [0.15, 0.2) is 18.2 Å². The third kappa shape index (κ3) is 4.11. The molecular weight excluding hydrogens is 434 g/mol. The van der Waals surface area contributed by atoms with Crippen molar-refractivity contribution in [3.8, 4) is 5.75 Å². The van der Waals surface area contributed by atoms with Gasteiger partial charge in [0.05, 0.1) is 6.54 Å². The molecule has 1 aromatic heterocycles. The highest BCUT2D eigenvalue weighted by Gasteiger charge is 2.36. The topological polar surface area (TPSA) is 119 Å². The first kappa shape index (κ1) is 21.0.